The van der Waals surface area contributed by atoms with E-state index in [2.05, 4.69) is 6.92 Å². The van der Waals surface area contributed by atoms with Crippen molar-refractivity contribution in [3.63, 3.8) is 0 Å². The number of rotatable bonds is 2. The Morgan fingerprint density at radius 1 is 1.26 bits per heavy atom. The molecule has 0 aromatic carbocycles. The van der Waals surface area contributed by atoms with Gasteiger partial charge in [0.05, 0.1) is 5.92 Å². The molecule has 0 bridgehead atoms. The molecular weight excluding hydrogens is 253 g/mol. The first-order valence-corrected chi connectivity index (χ1v) is 7.36. The van der Waals surface area contributed by atoms with Gasteiger partial charge in [0.2, 0.25) is 0 Å². The fourth-order valence-electron chi connectivity index (χ4n) is 3.76. The number of piperidine rings is 1. The van der Waals surface area contributed by atoms with Crippen molar-refractivity contribution < 1.29 is 13.2 Å². The Hall–Kier alpha value is -0.290. The molecule has 2 fully saturated rings. The summed E-state index contributed by atoms with van der Waals surface area (Å²) in [6.07, 6.45) is 1.05. The molecule has 0 aromatic rings. The van der Waals surface area contributed by atoms with Gasteiger partial charge in [-0.1, -0.05) is 19.8 Å². The van der Waals surface area contributed by atoms with E-state index in [1.807, 2.05) is 4.90 Å². The number of nitrogens with two attached hydrogens (primary N) is 1. The number of hydrogen-bond acceptors (Lipinski definition) is 2. The average Bonchev–Trinajstić information content (AvgIpc) is 2.27. The molecule has 3 atom stereocenters. The summed E-state index contributed by atoms with van der Waals surface area (Å²) in [7, 11) is 0. The Bertz CT molecular complexity index is 306. The molecule has 1 saturated heterocycles. The van der Waals surface area contributed by atoms with Crippen LogP contribution in [-0.4, -0.2) is 36.2 Å². The largest absolute Gasteiger partial charge is 0.393 e. The standard InChI is InChI=1S/C14H25F3N2/c1-11-4-2-6-13(18,8-11)10-19-7-3-5-12(9-19)14(15,16)17/h11-12H,2-10,18H2,1H3. The van der Waals surface area contributed by atoms with Crippen LogP contribution in [-0.2, 0) is 0 Å². The van der Waals surface area contributed by atoms with Gasteiger partial charge in [0.1, 0.15) is 0 Å². The first-order valence-electron chi connectivity index (χ1n) is 7.36. The maximum Gasteiger partial charge on any atom is 0.393 e. The van der Waals surface area contributed by atoms with Gasteiger partial charge < -0.3 is 10.6 Å². The van der Waals surface area contributed by atoms with Crippen LogP contribution in [0.15, 0.2) is 0 Å². The van der Waals surface area contributed by atoms with E-state index in [0.717, 1.165) is 25.8 Å². The van der Waals surface area contributed by atoms with Crippen LogP contribution >= 0.6 is 0 Å². The Kier molecular flexibility index (Phi) is 4.45. The molecule has 2 aliphatic rings. The normalized spacial score (nSPS) is 38.4. The van der Waals surface area contributed by atoms with Gasteiger partial charge in [-0.05, 0) is 38.1 Å². The lowest BCUT2D eigenvalue weighted by Crippen LogP contribution is -2.55. The molecular formula is C14H25F3N2. The summed E-state index contributed by atoms with van der Waals surface area (Å²) in [6.45, 7) is 3.72. The minimum atomic E-state index is -4.06. The second-order valence-corrected chi connectivity index (χ2v) is 6.68. The van der Waals surface area contributed by atoms with Crippen LogP contribution in [0, 0.1) is 11.8 Å². The zero-order chi connectivity index (χ0) is 14.1. The summed E-state index contributed by atoms with van der Waals surface area (Å²) in [6, 6.07) is 0. The summed E-state index contributed by atoms with van der Waals surface area (Å²) < 4.78 is 38.4. The first kappa shape index (κ1) is 15.1. The van der Waals surface area contributed by atoms with E-state index in [4.69, 9.17) is 5.73 Å². The second kappa shape index (κ2) is 5.60. The molecule has 0 amide bonds. The lowest BCUT2D eigenvalue weighted by Gasteiger charge is -2.43. The molecule has 19 heavy (non-hydrogen) atoms. The molecule has 1 heterocycles. The predicted molar refractivity (Wildman–Crippen MR) is 69.8 cm³/mol. The molecule has 2 rings (SSSR count). The topological polar surface area (TPSA) is 29.3 Å². The van der Waals surface area contributed by atoms with Crippen molar-refractivity contribution in [2.45, 2.75) is 57.2 Å². The van der Waals surface area contributed by atoms with Gasteiger partial charge in [-0.15, -0.1) is 0 Å². The van der Waals surface area contributed by atoms with Gasteiger partial charge >= 0.3 is 6.18 Å². The fourth-order valence-corrected chi connectivity index (χ4v) is 3.76. The van der Waals surface area contributed by atoms with Crippen molar-refractivity contribution in [2.75, 3.05) is 19.6 Å². The van der Waals surface area contributed by atoms with Crippen molar-refractivity contribution >= 4 is 0 Å². The van der Waals surface area contributed by atoms with Gasteiger partial charge in [0.15, 0.2) is 0 Å². The third-order valence-corrected chi connectivity index (χ3v) is 4.63. The number of nitrogens with zero attached hydrogens (tertiary/aromatic N) is 1. The quantitative estimate of drug-likeness (QED) is 0.840. The van der Waals surface area contributed by atoms with Crippen LogP contribution in [0.5, 0.6) is 0 Å². The first-order chi connectivity index (χ1) is 8.78. The third-order valence-electron chi connectivity index (χ3n) is 4.63. The molecule has 0 radical (unpaired) electrons. The monoisotopic (exact) mass is 278 g/mol. The maximum atomic E-state index is 12.8. The molecule has 1 aliphatic carbocycles. The van der Waals surface area contributed by atoms with Gasteiger partial charge in [-0.2, -0.15) is 13.2 Å². The molecule has 112 valence electrons. The highest BCUT2D eigenvalue weighted by Gasteiger charge is 2.43. The zero-order valence-electron chi connectivity index (χ0n) is 11.7. The van der Waals surface area contributed by atoms with E-state index in [0.29, 0.717) is 18.9 Å². The highest BCUT2D eigenvalue weighted by Crippen LogP contribution is 2.35. The Balaban J connectivity index is 1.91. The minimum Gasteiger partial charge on any atom is -0.324 e. The smallest absolute Gasteiger partial charge is 0.324 e. The Labute approximate surface area is 113 Å². The zero-order valence-corrected chi connectivity index (χ0v) is 11.7. The van der Waals surface area contributed by atoms with E-state index in [1.54, 1.807) is 0 Å². The van der Waals surface area contributed by atoms with Crippen LogP contribution in [0.25, 0.3) is 0 Å². The highest BCUT2D eigenvalue weighted by molar-refractivity contribution is 4.93. The molecule has 2 N–H and O–H groups in total. The number of likely N-dealkylation sites (tertiary alicyclic amines) is 1. The van der Waals surface area contributed by atoms with Gasteiger partial charge in [0, 0.05) is 18.6 Å². The van der Waals surface area contributed by atoms with Crippen molar-refractivity contribution in [3.05, 3.63) is 0 Å². The number of halogens is 3. The van der Waals surface area contributed by atoms with Gasteiger partial charge in [-0.25, -0.2) is 0 Å². The van der Waals surface area contributed by atoms with Crippen molar-refractivity contribution in [2.24, 2.45) is 17.6 Å². The lowest BCUT2D eigenvalue weighted by atomic mass is 9.76. The molecule has 1 saturated carbocycles. The molecule has 1 aliphatic heterocycles. The molecule has 3 unspecified atom stereocenters. The molecule has 0 spiro atoms. The van der Waals surface area contributed by atoms with Gasteiger partial charge in [0.25, 0.3) is 0 Å². The molecule has 5 heteroatoms. The lowest BCUT2D eigenvalue weighted by molar-refractivity contribution is -0.187. The summed E-state index contributed by atoms with van der Waals surface area (Å²) in [5.74, 6) is -0.562. The maximum absolute atomic E-state index is 12.8. The SMILES string of the molecule is CC1CCCC(N)(CN2CCCC(C(F)(F)F)C2)C1. The van der Waals surface area contributed by atoms with Crippen LogP contribution in [0.4, 0.5) is 13.2 Å². The van der Waals surface area contributed by atoms with E-state index in [9.17, 15) is 13.2 Å². The molecule has 2 nitrogen and oxygen atoms in total. The van der Waals surface area contributed by atoms with Crippen LogP contribution in [0.2, 0.25) is 0 Å². The molecule has 0 aromatic heterocycles. The van der Waals surface area contributed by atoms with E-state index in [1.165, 1.54) is 6.42 Å². The predicted octanol–water partition coefficient (Wildman–Crippen LogP) is 3.17. The summed E-state index contributed by atoms with van der Waals surface area (Å²) in [4.78, 5) is 1.94. The summed E-state index contributed by atoms with van der Waals surface area (Å²) in [5, 5.41) is 0. The Morgan fingerprint density at radius 2 is 2.00 bits per heavy atom. The second-order valence-electron chi connectivity index (χ2n) is 6.68. The van der Waals surface area contributed by atoms with Crippen molar-refractivity contribution in [1.82, 2.24) is 4.90 Å². The van der Waals surface area contributed by atoms with E-state index in [-0.39, 0.29) is 18.5 Å². The van der Waals surface area contributed by atoms with Crippen molar-refractivity contribution in [1.29, 1.82) is 0 Å². The fraction of sp³-hybridized carbons (Fsp3) is 1.00. The van der Waals surface area contributed by atoms with Crippen molar-refractivity contribution in [3.8, 4) is 0 Å². The van der Waals surface area contributed by atoms with Crippen LogP contribution in [0.1, 0.15) is 45.4 Å². The Morgan fingerprint density at radius 3 is 2.63 bits per heavy atom. The third kappa shape index (κ3) is 4.09. The average molecular weight is 278 g/mol. The van der Waals surface area contributed by atoms with E-state index >= 15 is 0 Å². The summed E-state index contributed by atoms with van der Waals surface area (Å²) in [5.41, 5.74) is 6.14. The minimum absolute atomic E-state index is 0.136. The number of hydrogen-bond donors (Lipinski definition) is 1. The van der Waals surface area contributed by atoms with Crippen LogP contribution < -0.4 is 5.73 Å². The summed E-state index contributed by atoms with van der Waals surface area (Å²) >= 11 is 0. The van der Waals surface area contributed by atoms with Gasteiger partial charge in [-0.3, -0.25) is 0 Å². The van der Waals surface area contributed by atoms with E-state index < -0.39 is 12.1 Å². The highest BCUT2D eigenvalue weighted by atomic mass is 19.4. The number of alkyl halides is 3. The van der Waals surface area contributed by atoms with Crippen LogP contribution in [0.3, 0.4) is 0 Å².